The number of hydrogen-bond donors (Lipinski definition) is 3. The van der Waals surface area contributed by atoms with Crippen molar-refractivity contribution in [3.8, 4) is 5.75 Å². The molecule has 1 saturated heterocycles. The summed E-state index contributed by atoms with van der Waals surface area (Å²) in [5, 5.41) is 17.6. The van der Waals surface area contributed by atoms with Crippen LogP contribution in [0.2, 0.25) is 0 Å². The van der Waals surface area contributed by atoms with E-state index in [4.69, 9.17) is 21.3 Å². The van der Waals surface area contributed by atoms with Gasteiger partial charge in [0, 0.05) is 18.5 Å². The van der Waals surface area contributed by atoms with E-state index >= 15 is 0 Å². The first-order valence-corrected chi connectivity index (χ1v) is 14.3. The van der Waals surface area contributed by atoms with Crippen molar-refractivity contribution in [3.05, 3.63) is 71.3 Å². The number of sulfonamides is 1. The monoisotopic (exact) mass is 591 g/mol. The Bertz CT molecular complexity index is 1500. The topological polar surface area (TPSA) is 124 Å². The van der Waals surface area contributed by atoms with Gasteiger partial charge in [0.05, 0.1) is 29.9 Å². The van der Waals surface area contributed by atoms with Crippen LogP contribution in [0.4, 0.5) is 5.69 Å². The largest absolute Gasteiger partial charge is 0.489 e. The Morgan fingerprint density at radius 2 is 1.77 bits per heavy atom. The van der Waals surface area contributed by atoms with E-state index in [0.29, 0.717) is 30.1 Å². The molecule has 8 nitrogen and oxygen atoms in total. The fourth-order valence-electron chi connectivity index (χ4n) is 5.37. The van der Waals surface area contributed by atoms with Gasteiger partial charge in [0.15, 0.2) is 0 Å². The van der Waals surface area contributed by atoms with E-state index in [1.165, 1.54) is 0 Å². The zero-order chi connectivity index (χ0) is 26.3. The van der Waals surface area contributed by atoms with Gasteiger partial charge in [-0.25, -0.2) is 8.42 Å². The molecule has 39 heavy (non-hydrogen) atoms. The van der Waals surface area contributed by atoms with Gasteiger partial charge in [-0.15, -0.1) is 24.8 Å². The second-order valence-corrected chi connectivity index (χ2v) is 12.0. The Kier molecular flexibility index (Phi) is 9.41. The highest BCUT2D eigenvalue weighted by atomic mass is 35.5. The van der Waals surface area contributed by atoms with Crippen LogP contribution >= 0.6 is 24.8 Å². The van der Waals surface area contributed by atoms with Crippen LogP contribution in [-0.2, 0) is 16.4 Å². The third kappa shape index (κ3) is 6.10. The number of nitrogens with one attached hydrogen (secondary N) is 2. The number of hydrogen-bond acceptors (Lipinski definition) is 5. The van der Waals surface area contributed by atoms with Crippen molar-refractivity contribution >= 4 is 63.0 Å². The predicted molar refractivity (Wildman–Crippen MR) is 163 cm³/mol. The van der Waals surface area contributed by atoms with E-state index < -0.39 is 10.0 Å². The SMILES string of the molecule is CCS(=O)(=O)N1c2ccc(OC3CCN(C(C)=N)C3)cc2CCC1c1ccc2ccc(C(=N)N)cc2c1.Cl.Cl. The summed E-state index contributed by atoms with van der Waals surface area (Å²) in [4.78, 5) is 2.01. The number of rotatable bonds is 6. The zero-order valence-corrected chi connectivity index (χ0v) is 24.5. The van der Waals surface area contributed by atoms with Crippen molar-refractivity contribution in [2.75, 3.05) is 23.1 Å². The molecule has 0 bridgehead atoms. The first kappa shape index (κ1) is 30.5. The van der Waals surface area contributed by atoms with E-state index in [9.17, 15) is 8.42 Å². The summed E-state index contributed by atoms with van der Waals surface area (Å²) in [5.74, 6) is 1.30. The summed E-state index contributed by atoms with van der Waals surface area (Å²) in [5.41, 5.74) is 8.92. The van der Waals surface area contributed by atoms with Crippen LogP contribution in [0.25, 0.3) is 10.8 Å². The molecule has 0 spiro atoms. The molecule has 0 aromatic heterocycles. The molecule has 5 rings (SSSR count). The van der Waals surface area contributed by atoms with Gasteiger partial charge in [-0.1, -0.05) is 24.3 Å². The quantitative estimate of drug-likeness (QED) is 0.266. The van der Waals surface area contributed by atoms with Crippen LogP contribution in [0.5, 0.6) is 5.75 Å². The fraction of sp³-hybridized carbons (Fsp3) is 0.357. The van der Waals surface area contributed by atoms with Crippen molar-refractivity contribution in [3.63, 3.8) is 0 Å². The Morgan fingerprint density at radius 3 is 2.44 bits per heavy atom. The Hall–Kier alpha value is -3.01. The van der Waals surface area contributed by atoms with Crippen LogP contribution in [-0.4, -0.2) is 49.9 Å². The molecule has 2 atom stereocenters. The summed E-state index contributed by atoms with van der Waals surface area (Å²) in [7, 11) is -3.55. The average molecular weight is 593 g/mol. The molecule has 0 aliphatic carbocycles. The van der Waals surface area contributed by atoms with E-state index in [-0.39, 0.29) is 48.5 Å². The van der Waals surface area contributed by atoms with Crippen molar-refractivity contribution in [1.82, 2.24) is 4.90 Å². The van der Waals surface area contributed by atoms with Crippen LogP contribution in [0.3, 0.4) is 0 Å². The Balaban J connectivity index is 0.00000210. The molecule has 3 aromatic carbocycles. The van der Waals surface area contributed by atoms with Gasteiger partial charge in [-0.3, -0.25) is 15.1 Å². The number of anilines is 1. The summed E-state index contributed by atoms with van der Waals surface area (Å²) in [6.07, 6.45) is 2.26. The second kappa shape index (κ2) is 12.0. The molecule has 210 valence electrons. The normalized spacial score (nSPS) is 18.6. The summed E-state index contributed by atoms with van der Waals surface area (Å²) < 4.78 is 34.6. The number of ether oxygens (including phenoxy) is 1. The van der Waals surface area contributed by atoms with Crippen molar-refractivity contribution < 1.29 is 13.2 Å². The molecule has 2 aliphatic rings. The van der Waals surface area contributed by atoms with E-state index in [2.05, 4.69) is 0 Å². The smallest absolute Gasteiger partial charge is 0.235 e. The molecule has 1 fully saturated rings. The van der Waals surface area contributed by atoms with Crippen molar-refractivity contribution in [2.45, 2.75) is 45.3 Å². The van der Waals surface area contributed by atoms with Crippen LogP contribution in [0, 0.1) is 10.8 Å². The highest BCUT2D eigenvalue weighted by Crippen LogP contribution is 2.42. The summed E-state index contributed by atoms with van der Waals surface area (Å²) >= 11 is 0. The van der Waals surface area contributed by atoms with Crippen molar-refractivity contribution in [2.24, 2.45) is 5.73 Å². The lowest BCUT2D eigenvalue weighted by Crippen LogP contribution is -2.39. The van der Waals surface area contributed by atoms with Gasteiger partial charge >= 0.3 is 0 Å². The first-order valence-electron chi connectivity index (χ1n) is 12.7. The van der Waals surface area contributed by atoms with Crippen LogP contribution in [0.1, 0.15) is 49.4 Å². The molecule has 2 aliphatic heterocycles. The number of aryl methyl sites for hydroxylation is 1. The summed E-state index contributed by atoms with van der Waals surface area (Å²) in [6, 6.07) is 17.0. The molecule has 2 unspecified atom stereocenters. The molecule has 11 heteroatoms. The maximum atomic E-state index is 13.4. The molecule has 2 heterocycles. The van der Waals surface area contributed by atoms with E-state index in [1.807, 2.05) is 59.5 Å². The minimum atomic E-state index is -3.55. The van der Waals surface area contributed by atoms with Crippen LogP contribution in [0.15, 0.2) is 54.6 Å². The fourth-order valence-corrected chi connectivity index (χ4v) is 6.74. The predicted octanol–water partition coefficient (Wildman–Crippen LogP) is 5.26. The molecule has 3 aromatic rings. The minimum Gasteiger partial charge on any atom is -0.489 e. The lowest BCUT2D eigenvalue weighted by atomic mass is 9.91. The average Bonchev–Trinajstić information content (AvgIpc) is 3.36. The van der Waals surface area contributed by atoms with Gasteiger partial charge in [0.2, 0.25) is 10.0 Å². The van der Waals surface area contributed by atoms with Gasteiger partial charge < -0.3 is 15.4 Å². The van der Waals surface area contributed by atoms with E-state index in [0.717, 1.165) is 47.0 Å². The van der Waals surface area contributed by atoms with Crippen molar-refractivity contribution in [1.29, 1.82) is 10.8 Å². The first-order chi connectivity index (χ1) is 17.7. The Labute approximate surface area is 242 Å². The molecule has 0 saturated carbocycles. The molecular weight excluding hydrogens is 557 g/mol. The van der Waals surface area contributed by atoms with Gasteiger partial charge in [0.25, 0.3) is 0 Å². The molecule has 4 N–H and O–H groups in total. The highest BCUT2D eigenvalue weighted by molar-refractivity contribution is 7.92. The number of nitrogen functional groups attached to an aromatic ring is 1. The number of nitrogens with two attached hydrogens (primary N) is 1. The maximum absolute atomic E-state index is 13.4. The second-order valence-electron chi connectivity index (χ2n) is 9.84. The number of halogens is 2. The molecule has 0 radical (unpaired) electrons. The zero-order valence-electron chi connectivity index (χ0n) is 22.0. The number of fused-ring (bicyclic) bond motifs is 2. The molecular formula is C28H35Cl2N5O3S. The third-order valence-corrected chi connectivity index (χ3v) is 9.19. The number of likely N-dealkylation sites (tertiary alicyclic amines) is 1. The maximum Gasteiger partial charge on any atom is 0.235 e. The van der Waals surface area contributed by atoms with Gasteiger partial charge in [-0.05, 0) is 78.9 Å². The van der Waals surface area contributed by atoms with Crippen LogP contribution < -0.4 is 14.8 Å². The lowest BCUT2D eigenvalue weighted by Gasteiger charge is -2.38. The summed E-state index contributed by atoms with van der Waals surface area (Å²) in [6.45, 7) is 4.97. The standard InChI is InChI=1S/C28H33N5O3S.2ClH/c1-3-37(34,35)33-26(20-6-4-19-5-7-22(28(30)31)15-23(19)14-20)10-8-21-16-24(9-11-27(21)33)36-25-12-13-32(17-25)18(2)29;;/h4-7,9,11,14-16,25-26,29H,3,8,10,12-13,17H2,1-2H3,(H3,30,31);2*1H. The lowest BCUT2D eigenvalue weighted by molar-refractivity contribution is 0.214. The number of benzene rings is 3. The van der Waals surface area contributed by atoms with E-state index in [1.54, 1.807) is 18.2 Å². The van der Waals surface area contributed by atoms with Gasteiger partial charge in [-0.2, -0.15) is 0 Å². The number of nitrogens with zero attached hydrogens (tertiary/aromatic N) is 2. The Morgan fingerprint density at radius 1 is 1.03 bits per heavy atom. The minimum absolute atomic E-state index is 0. The highest BCUT2D eigenvalue weighted by Gasteiger charge is 2.35. The number of amidine groups is 2. The molecule has 0 amide bonds. The third-order valence-electron chi connectivity index (χ3n) is 7.41. The van der Waals surface area contributed by atoms with Gasteiger partial charge in [0.1, 0.15) is 17.7 Å².